The van der Waals surface area contributed by atoms with Crippen molar-refractivity contribution in [1.82, 2.24) is 0 Å². The maximum atomic E-state index is 5.37. The third-order valence-corrected chi connectivity index (χ3v) is 3.19. The summed E-state index contributed by atoms with van der Waals surface area (Å²) >= 11 is 3.54. The summed E-state index contributed by atoms with van der Waals surface area (Å²) in [6, 6.07) is 8.22. The van der Waals surface area contributed by atoms with Gasteiger partial charge in [0.2, 0.25) is 0 Å². The van der Waals surface area contributed by atoms with E-state index in [0.29, 0.717) is 6.54 Å². The van der Waals surface area contributed by atoms with Crippen LogP contribution in [0.2, 0.25) is 0 Å². The van der Waals surface area contributed by atoms with E-state index < -0.39 is 0 Å². The number of hydrogen-bond donors (Lipinski definition) is 1. The van der Waals surface area contributed by atoms with E-state index in [2.05, 4.69) is 46.4 Å². The third-order valence-electron chi connectivity index (χ3n) is 2.53. The summed E-state index contributed by atoms with van der Waals surface area (Å²) in [5.41, 5.74) is 3.50. The molecular formula is C13H14BrNO. The van der Waals surface area contributed by atoms with E-state index in [-0.39, 0.29) is 0 Å². The van der Waals surface area contributed by atoms with Gasteiger partial charge in [0.1, 0.15) is 5.76 Å². The Morgan fingerprint density at radius 1 is 1.25 bits per heavy atom. The van der Waals surface area contributed by atoms with Gasteiger partial charge in [0.15, 0.2) is 0 Å². The van der Waals surface area contributed by atoms with Gasteiger partial charge in [-0.2, -0.15) is 0 Å². The predicted octanol–water partition coefficient (Wildman–Crippen LogP) is 4.27. The molecule has 1 aromatic carbocycles. The molecule has 0 unspecified atom stereocenters. The second kappa shape index (κ2) is 4.74. The molecule has 16 heavy (non-hydrogen) atoms. The average molecular weight is 280 g/mol. The monoisotopic (exact) mass is 279 g/mol. The lowest BCUT2D eigenvalue weighted by molar-refractivity contribution is 0.515. The Labute approximate surface area is 104 Å². The van der Waals surface area contributed by atoms with Crippen molar-refractivity contribution < 1.29 is 4.42 Å². The first kappa shape index (κ1) is 11.3. The van der Waals surface area contributed by atoms with Crippen molar-refractivity contribution in [3.8, 4) is 0 Å². The number of furan rings is 1. The van der Waals surface area contributed by atoms with Crippen molar-refractivity contribution in [3.63, 3.8) is 0 Å². The molecule has 84 valence electrons. The zero-order chi connectivity index (χ0) is 11.5. The van der Waals surface area contributed by atoms with Gasteiger partial charge < -0.3 is 9.73 Å². The van der Waals surface area contributed by atoms with Gasteiger partial charge in [0.05, 0.1) is 12.8 Å². The van der Waals surface area contributed by atoms with Crippen molar-refractivity contribution in [2.24, 2.45) is 0 Å². The van der Waals surface area contributed by atoms with Crippen LogP contribution < -0.4 is 5.32 Å². The minimum absolute atomic E-state index is 0.709. The van der Waals surface area contributed by atoms with Gasteiger partial charge >= 0.3 is 0 Å². The van der Waals surface area contributed by atoms with E-state index in [0.717, 1.165) is 15.9 Å². The summed E-state index contributed by atoms with van der Waals surface area (Å²) in [4.78, 5) is 0. The van der Waals surface area contributed by atoms with Gasteiger partial charge in [-0.05, 0) is 59.1 Å². The van der Waals surface area contributed by atoms with Gasteiger partial charge in [-0.25, -0.2) is 0 Å². The van der Waals surface area contributed by atoms with Gasteiger partial charge in [0, 0.05) is 10.2 Å². The van der Waals surface area contributed by atoms with Crippen molar-refractivity contribution >= 4 is 21.6 Å². The lowest BCUT2D eigenvalue weighted by Crippen LogP contribution is -2.00. The van der Waals surface area contributed by atoms with Gasteiger partial charge in [-0.1, -0.05) is 6.07 Å². The molecule has 0 spiro atoms. The second-order valence-electron chi connectivity index (χ2n) is 3.86. The van der Waals surface area contributed by atoms with E-state index in [9.17, 15) is 0 Å². The Morgan fingerprint density at radius 3 is 2.69 bits per heavy atom. The van der Waals surface area contributed by atoms with E-state index in [1.165, 1.54) is 11.1 Å². The molecule has 2 aromatic rings. The quantitative estimate of drug-likeness (QED) is 0.908. The standard InChI is InChI=1S/C13H14BrNO/c1-9-3-4-12(11(14)7-9)15-8-13-10(2)5-6-16-13/h3-7,15H,8H2,1-2H3. The van der Waals surface area contributed by atoms with Crippen LogP contribution >= 0.6 is 15.9 Å². The Balaban J connectivity index is 2.08. The molecule has 2 nitrogen and oxygen atoms in total. The van der Waals surface area contributed by atoms with Crippen LogP contribution in [0.3, 0.4) is 0 Å². The molecule has 0 saturated heterocycles. The smallest absolute Gasteiger partial charge is 0.125 e. The Morgan fingerprint density at radius 2 is 2.06 bits per heavy atom. The molecule has 1 aromatic heterocycles. The summed E-state index contributed by atoms with van der Waals surface area (Å²) in [6.45, 7) is 4.83. The fourth-order valence-corrected chi connectivity index (χ4v) is 2.16. The maximum Gasteiger partial charge on any atom is 0.125 e. The van der Waals surface area contributed by atoms with E-state index in [1.54, 1.807) is 6.26 Å². The highest BCUT2D eigenvalue weighted by atomic mass is 79.9. The van der Waals surface area contributed by atoms with E-state index in [1.807, 2.05) is 13.0 Å². The SMILES string of the molecule is Cc1ccc(NCc2occc2C)c(Br)c1. The minimum Gasteiger partial charge on any atom is -0.467 e. The molecule has 0 aliphatic heterocycles. The zero-order valence-electron chi connectivity index (χ0n) is 9.38. The number of rotatable bonds is 3. The summed E-state index contributed by atoms with van der Waals surface area (Å²) in [5.74, 6) is 0.979. The van der Waals surface area contributed by atoms with Crippen LogP contribution in [-0.4, -0.2) is 0 Å². The molecule has 0 radical (unpaired) electrons. The molecule has 3 heteroatoms. The molecule has 0 atom stereocenters. The van der Waals surface area contributed by atoms with Crippen LogP contribution in [0.1, 0.15) is 16.9 Å². The topological polar surface area (TPSA) is 25.2 Å². The number of benzene rings is 1. The highest BCUT2D eigenvalue weighted by molar-refractivity contribution is 9.10. The Bertz CT molecular complexity index is 490. The lowest BCUT2D eigenvalue weighted by atomic mass is 10.2. The number of hydrogen-bond acceptors (Lipinski definition) is 2. The van der Waals surface area contributed by atoms with Crippen molar-refractivity contribution in [2.45, 2.75) is 20.4 Å². The number of nitrogens with one attached hydrogen (secondary N) is 1. The van der Waals surface area contributed by atoms with E-state index >= 15 is 0 Å². The molecule has 2 rings (SSSR count). The zero-order valence-corrected chi connectivity index (χ0v) is 11.0. The normalized spacial score (nSPS) is 10.4. The molecule has 0 aliphatic rings. The van der Waals surface area contributed by atoms with Gasteiger partial charge in [0.25, 0.3) is 0 Å². The molecule has 0 amide bonds. The first-order valence-electron chi connectivity index (χ1n) is 5.20. The summed E-state index contributed by atoms with van der Waals surface area (Å²) < 4.78 is 6.45. The van der Waals surface area contributed by atoms with Crippen LogP contribution in [-0.2, 0) is 6.54 Å². The maximum absolute atomic E-state index is 5.37. The summed E-state index contributed by atoms with van der Waals surface area (Å²) in [5, 5.41) is 3.34. The predicted molar refractivity (Wildman–Crippen MR) is 69.7 cm³/mol. The molecule has 0 saturated carbocycles. The number of halogens is 1. The van der Waals surface area contributed by atoms with E-state index in [4.69, 9.17) is 4.42 Å². The first-order chi connectivity index (χ1) is 7.66. The fraction of sp³-hybridized carbons (Fsp3) is 0.231. The number of aryl methyl sites for hydroxylation is 2. The molecule has 1 heterocycles. The largest absolute Gasteiger partial charge is 0.467 e. The second-order valence-corrected chi connectivity index (χ2v) is 4.72. The molecule has 1 N–H and O–H groups in total. The third kappa shape index (κ3) is 2.47. The molecule has 0 aliphatic carbocycles. The highest BCUT2D eigenvalue weighted by Gasteiger charge is 2.03. The average Bonchev–Trinajstić information content (AvgIpc) is 2.63. The molecular weight excluding hydrogens is 266 g/mol. The first-order valence-corrected chi connectivity index (χ1v) is 5.99. The fourth-order valence-electron chi connectivity index (χ4n) is 1.52. The summed E-state index contributed by atoms with van der Waals surface area (Å²) in [6.07, 6.45) is 1.72. The lowest BCUT2D eigenvalue weighted by Gasteiger charge is -2.08. The minimum atomic E-state index is 0.709. The van der Waals surface area contributed by atoms with Gasteiger partial charge in [-0.3, -0.25) is 0 Å². The van der Waals surface area contributed by atoms with Crippen LogP contribution in [0.4, 0.5) is 5.69 Å². The van der Waals surface area contributed by atoms with Crippen molar-refractivity contribution in [3.05, 3.63) is 51.9 Å². The van der Waals surface area contributed by atoms with Crippen LogP contribution in [0, 0.1) is 13.8 Å². The molecule has 0 bridgehead atoms. The Kier molecular flexibility index (Phi) is 3.34. The molecule has 0 fully saturated rings. The Hall–Kier alpha value is -1.22. The van der Waals surface area contributed by atoms with Crippen LogP contribution in [0.25, 0.3) is 0 Å². The van der Waals surface area contributed by atoms with Gasteiger partial charge in [-0.15, -0.1) is 0 Å². The van der Waals surface area contributed by atoms with Crippen molar-refractivity contribution in [2.75, 3.05) is 5.32 Å². The van der Waals surface area contributed by atoms with Crippen LogP contribution in [0.15, 0.2) is 39.4 Å². The highest BCUT2D eigenvalue weighted by Crippen LogP contribution is 2.24. The van der Waals surface area contributed by atoms with Crippen molar-refractivity contribution in [1.29, 1.82) is 0 Å². The summed E-state index contributed by atoms with van der Waals surface area (Å²) in [7, 11) is 0. The van der Waals surface area contributed by atoms with Crippen LogP contribution in [0.5, 0.6) is 0 Å². The number of anilines is 1.